The Hall–Kier alpha value is -1.56. The summed E-state index contributed by atoms with van der Waals surface area (Å²) >= 11 is 0. The molecule has 0 unspecified atom stereocenters. The zero-order valence-corrected chi connectivity index (χ0v) is 14.1. The van der Waals surface area contributed by atoms with Crippen LogP contribution >= 0.6 is 0 Å². The molecule has 2 aliphatic carbocycles. The Bertz CT molecular complexity index is 715. The van der Waals surface area contributed by atoms with Crippen LogP contribution in [-0.4, -0.2) is 0 Å². The molecule has 1 fully saturated rings. The number of rotatable bonds is 1. The molecule has 0 saturated heterocycles. The highest BCUT2D eigenvalue weighted by Gasteiger charge is 2.43. The predicted molar refractivity (Wildman–Crippen MR) is 94.6 cm³/mol. The highest BCUT2D eigenvalue weighted by molar-refractivity contribution is 5.81. The van der Waals surface area contributed by atoms with Gasteiger partial charge in [0.15, 0.2) is 0 Å². The van der Waals surface area contributed by atoms with E-state index in [-0.39, 0.29) is 0 Å². The summed E-state index contributed by atoms with van der Waals surface area (Å²) in [7, 11) is 0. The summed E-state index contributed by atoms with van der Waals surface area (Å²) in [4.78, 5) is 0. The van der Waals surface area contributed by atoms with Crippen molar-refractivity contribution in [2.24, 2.45) is 0 Å². The van der Waals surface area contributed by atoms with Gasteiger partial charge in [0.25, 0.3) is 0 Å². The van der Waals surface area contributed by atoms with Crippen molar-refractivity contribution in [1.29, 1.82) is 0 Å². The van der Waals surface area contributed by atoms with Gasteiger partial charge in [-0.2, -0.15) is 0 Å². The van der Waals surface area contributed by atoms with Gasteiger partial charge < -0.3 is 0 Å². The van der Waals surface area contributed by atoms with Gasteiger partial charge in [-0.05, 0) is 53.5 Å². The second-order valence-electron chi connectivity index (χ2n) is 7.65. The second kappa shape index (κ2) is 4.98. The molecule has 1 saturated carbocycles. The Labute approximate surface area is 134 Å². The van der Waals surface area contributed by atoms with Crippen LogP contribution in [-0.2, 0) is 5.41 Å². The molecule has 1 spiro atoms. The molecular weight excluding hydrogens is 264 g/mol. The van der Waals surface area contributed by atoms with Gasteiger partial charge in [-0.15, -0.1) is 0 Å². The minimum absolute atomic E-state index is 0.305. The first-order valence-electron chi connectivity index (χ1n) is 8.88. The van der Waals surface area contributed by atoms with Crippen molar-refractivity contribution < 1.29 is 0 Å². The van der Waals surface area contributed by atoms with E-state index in [4.69, 9.17) is 0 Å². The van der Waals surface area contributed by atoms with E-state index in [0.717, 1.165) is 0 Å². The first kappa shape index (κ1) is 14.1. The molecule has 0 aliphatic heterocycles. The van der Waals surface area contributed by atoms with Crippen molar-refractivity contribution in [2.45, 2.75) is 64.2 Å². The predicted octanol–water partition coefficient (Wildman–Crippen LogP) is 6.35. The largest absolute Gasteiger partial charge is 0.0587 e. The lowest BCUT2D eigenvalue weighted by atomic mass is 9.67. The van der Waals surface area contributed by atoms with Gasteiger partial charge in [0.2, 0.25) is 0 Å². The van der Waals surface area contributed by atoms with E-state index in [9.17, 15) is 0 Å². The fraction of sp³-hybridized carbons (Fsp3) is 0.455. The summed E-state index contributed by atoms with van der Waals surface area (Å²) in [6.07, 6.45) is 6.82. The maximum atomic E-state index is 2.53. The third kappa shape index (κ3) is 1.89. The molecule has 114 valence electrons. The standard InChI is InChI=1S/C22H26/c1-15(2)17-8-10-19-18-9-7-16(3)13-20(18)22(21(19)14-17)11-5-4-6-12-22/h7-10,13-15H,4-6,11-12H2,1-3H3. The monoisotopic (exact) mass is 290 g/mol. The number of benzene rings is 2. The van der Waals surface area contributed by atoms with Crippen molar-refractivity contribution in [2.75, 3.05) is 0 Å². The molecule has 0 N–H and O–H groups in total. The van der Waals surface area contributed by atoms with Crippen LogP contribution < -0.4 is 0 Å². The third-order valence-corrected chi connectivity index (χ3v) is 5.91. The summed E-state index contributed by atoms with van der Waals surface area (Å²) in [6, 6.07) is 14.4. The fourth-order valence-corrected chi connectivity index (χ4v) is 4.68. The van der Waals surface area contributed by atoms with Gasteiger partial charge in [-0.25, -0.2) is 0 Å². The highest BCUT2D eigenvalue weighted by atomic mass is 14.5. The Morgan fingerprint density at radius 1 is 0.818 bits per heavy atom. The number of hydrogen-bond acceptors (Lipinski definition) is 0. The van der Waals surface area contributed by atoms with Gasteiger partial charge in [-0.3, -0.25) is 0 Å². The van der Waals surface area contributed by atoms with Crippen LogP contribution in [0, 0.1) is 6.92 Å². The molecule has 4 rings (SSSR count). The first-order valence-corrected chi connectivity index (χ1v) is 8.88. The second-order valence-corrected chi connectivity index (χ2v) is 7.65. The molecule has 2 aromatic rings. The van der Waals surface area contributed by atoms with Crippen molar-refractivity contribution in [3.05, 3.63) is 58.7 Å². The van der Waals surface area contributed by atoms with E-state index in [2.05, 4.69) is 57.2 Å². The van der Waals surface area contributed by atoms with Crippen molar-refractivity contribution >= 4 is 0 Å². The van der Waals surface area contributed by atoms with Crippen LogP contribution in [0.5, 0.6) is 0 Å². The average molecular weight is 290 g/mol. The van der Waals surface area contributed by atoms with Crippen LogP contribution in [0.25, 0.3) is 11.1 Å². The van der Waals surface area contributed by atoms with E-state index in [1.54, 1.807) is 11.1 Å². The molecule has 2 aliphatic rings. The van der Waals surface area contributed by atoms with Gasteiger partial charge in [0.05, 0.1) is 0 Å². The normalized spacial score (nSPS) is 18.5. The molecule has 0 nitrogen and oxygen atoms in total. The van der Waals surface area contributed by atoms with Crippen LogP contribution in [0.2, 0.25) is 0 Å². The lowest BCUT2D eigenvalue weighted by Gasteiger charge is -2.36. The van der Waals surface area contributed by atoms with Crippen LogP contribution in [0.4, 0.5) is 0 Å². The van der Waals surface area contributed by atoms with Crippen molar-refractivity contribution in [3.8, 4) is 11.1 Å². The SMILES string of the molecule is Cc1ccc2c(c1)C1(CCCCC1)c1cc(C(C)C)ccc1-2. The smallest absolute Gasteiger partial charge is 0.0215 e. The van der Waals surface area contributed by atoms with Gasteiger partial charge >= 0.3 is 0 Å². The van der Waals surface area contributed by atoms with Crippen LogP contribution in [0.3, 0.4) is 0 Å². The van der Waals surface area contributed by atoms with Gasteiger partial charge in [0.1, 0.15) is 0 Å². The summed E-state index contributed by atoms with van der Waals surface area (Å²) in [5, 5.41) is 0. The molecule has 0 bridgehead atoms. The Morgan fingerprint density at radius 3 is 2.14 bits per heavy atom. The minimum atomic E-state index is 0.305. The maximum absolute atomic E-state index is 2.53. The molecule has 2 aromatic carbocycles. The Balaban J connectivity index is 1.98. The van der Waals surface area contributed by atoms with E-state index < -0.39 is 0 Å². The van der Waals surface area contributed by atoms with Crippen LogP contribution in [0.15, 0.2) is 36.4 Å². The summed E-state index contributed by atoms with van der Waals surface area (Å²) in [6.45, 7) is 6.85. The lowest BCUT2D eigenvalue weighted by molar-refractivity contribution is 0.352. The molecule has 0 heteroatoms. The molecule has 0 amide bonds. The molecule has 0 heterocycles. The van der Waals surface area contributed by atoms with Gasteiger partial charge in [0, 0.05) is 5.41 Å². The lowest BCUT2D eigenvalue weighted by Crippen LogP contribution is -2.28. The molecule has 0 radical (unpaired) electrons. The van der Waals surface area contributed by atoms with E-state index in [0.29, 0.717) is 11.3 Å². The average Bonchev–Trinajstić information content (AvgIpc) is 2.78. The summed E-state index contributed by atoms with van der Waals surface area (Å²) in [5.74, 6) is 0.608. The fourth-order valence-electron chi connectivity index (χ4n) is 4.68. The Kier molecular flexibility index (Phi) is 3.18. The minimum Gasteiger partial charge on any atom is -0.0587 e. The molecule has 0 aromatic heterocycles. The first-order chi connectivity index (χ1) is 10.6. The maximum Gasteiger partial charge on any atom is 0.0215 e. The number of aryl methyl sites for hydroxylation is 1. The van der Waals surface area contributed by atoms with E-state index >= 15 is 0 Å². The summed E-state index contributed by atoms with van der Waals surface area (Å²) in [5.41, 5.74) is 9.44. The van der Waals surface area contributed by atoms with Crippen LogP contribution in [0.1, 0.15) is 74.1 Å². The highest BCUT2D eigenvalue weighted by Crippen LogP contribution is 2.56. The quantitative estimate of drug-likeness (QED) is 0.574. The zero-order valence-electron chi connectivity index (χ0n) is 14.1. The van der Waals surface area contributed by atoms with E-state index in [1.165, 1.54) is 54.4 Å². The third-order valence-electron chi connectivity index (χ3n) is 5.91. The van der Waals surface area contributed by atoms with Crippen molar-refractivity contribution in [3.63, 3.8) is 0 Å². The summed E-state index contributed by atoms with van der Waals surface area (Å²) < 4.78 is 0. The number of hydrogen-bond donors (Lipinski definition) is 0. The molecular formula is C22H26. The van der Waals surface area contributed by atoms with Crippen molar-refractivity contribution in [1.82, 2.24) is 0 Å². The van der Waals surface area contributed by atoms with Gasteiger partial charge in [-0.1, -0.05) is 75.1 Å². The molecule has 22 heavy (non-hydrogen) atoms. The van der Waals surface area contributed by atoms with E-state index in [1.807, 2.05) is 0 Å². The molecule has 0 atom stereocenters. The zero-order chi connectivity index (χ0) is 15.3. The Morgan fingerprint density at radius 2 is 1.45 bits per heavy atom. The number of fused-ring (bicyclic) bond motifs is 5. The topological polar surface area (TPSA) is 0 Å².